The summed E-state index contributed by atoms with van der Waals surface area (Å²) in [6, 6.07) is 5.73. The summed E-state index contributed by atoms with van der Waals surface area (Å²) in [4.78, 5) is 25.0. The number of piperidine rings is 1. The van der Waals surface area contributed by atoms with Gasteiger partial charge in [-0.25, -0.2) is 9.97 Å². The highest BCUT2D eigenvalue weighted by atomic mass is 32.1. The van der Waals surface area contributed by atoms with Crippen LogP contribution in [0.2, 0.25) is 0 Å². The van der Waals surface area contributed by atoms with Crippen LogP contribution in [-0.4, -0.2) is 39.9 Å². The molecule has 2 aromatic heterocycles. The standard InChI is InChI=1S/C22H33N5OS/c1-4-6-17-14-24-22(29-17)26-20-8-5-7-19(25-20)16-9-11-27(12-10-16)21(28)18(23)13-15(2)3/h5,7-8,14-16,18H,4,6,9-13,23H2,1-3H3,(H,24,25,26). The predicted molar refractivity (Wildman–Crippen MR) is 120 cm³/mol. The molecule has 0 spiro atoms. The minimum absolute atomic E-state index is 0.0900. The van der Waals surface area contributed by atoms with E-state index in [0.29, 0.717) is 11.8 Å². The van der Waals surface area contributed by atoms with Crippen molar-refractivity contribution in [2.45, 2.75) is 64.8 Å². The second-order valence-electron chi connectivity index (χ2n) is 8.29. The van der Waals surface area contributed by atoms with E-state index in [9.17, 15) is 4.79 Å². The molecule has 6 nitrogen and oxygen atoms in total. The topological polar surface area (TPSA) is 84.1 Å². The van der Waals surface area contributed by atoms with Gasteiger partial charge in [0.25, 0.3) is 0 Å². The first-order chi connectivity index (χ1) is 14.0. The molecule has 158 valence electrons. The molecule has 1 atom stereocenters. The lowest BCUT2D eigenvalue weighted by Gasteiger charge is -2.33. The molecule has 3 rings (SSSR count). The normalized spacial score (nSPS) is 16.2. The lowest BCUT2D eigenvalue weighted by atomic mass is 9.92. The highest BCUT2D eigenvalue weighted by Crippen LogP contribution is 2.29. The van der Waals surface area contributed by atoms with Crippen LogP contribution in [0.25, 0.3) is 0 Å². The third-order valence-corrected chi connectivity index (χ3v) is 6.30. The first kappa shape index (κ1) is 21.7. The Hall–Kier alpha value is -1.99. The zero-order valence-corrected chi connectivity index (χ0v) is 18.5. The molecule has 1 amide bonds. The number of pyridine rings is 1. The average Bonchev–Trinajstić information content (AvgIpc) is 3.14. The smallest absolute Gasteiger partial charge is 0.239 e. The number of nitrogens with zero attached hydrogens (tertiary/aromatic N) is 3. The third kappa shape index (κ3) is 6.00. The van der Waals surface area contributed by atoms with Crippen molar-refractivity contribution in [3.05, 3.63) is 35.0 Å². The highest BCUT2D eigenvalue weighted by molar-refractivity contribution is 7.15. The van der Waals surface area contributed by atoms with E-state index in [-0.39, 0.29) is 11.9 Å². The highest BCUT2D eigenvalue weighted by Gasteiger charge is 2.28. The summed E-state index contributed by atoms with van der Waals surface area (Å²) >= 11 is 1.69. The summed E-state index contributed by atoms with van der Waals surface area (Å²) in [5.41, 5.74) is 7.17. The van der Waals surface area contributed by atoms with Crippen LogP contribution in [0.3, 0.4) is 0 Å². The minimum atomic E-state index is -0.381. The maximum atomic E-state index is 12.6. The van der Waals surface area contributed by atoms with Crippen LogP contribution >= 0.6 is 11.3 Å². The molecule has 0 aromatic carbocycles. The monoisotopic (exact) mass is 415 g/mol. The van der Waals surface area contributed by atoms with Gasteiger partial charge in [0.15, 0.2) is 5.13 Å². The van der Waals surface area contributed by atoms with E-state index in [1.807, 2.05) is 23.2 Å². The second-order valence-corrected chi connectivity index (χ2v) is 9.41. The van der Waals surface area contributed by atoms with Gasteiger partial charge in [-0.05, 0) is 43.7 Å². The number of thiazole rings is 1. The van der Waals surface area contributed by atoms with E-state index in [1.165, 1.54) is 4.88 Å². The number of aryl methyl sites for hydroxylation is 1. The first-order valence-corrected chi connectivity index (χ1v) is 11.5. The quantitative estimate of drug-likeness (QED) is 0.671. The number of carbonyl (C=O) groups excluding carboxylic acids is 1. The van der Waals surface area contributed by atoms with Gasteiger partial charge in [-0.2, -0.15) is 0 Å². The van der Waals surface area contributed by atoms with Gasteiger partial charge in [-0.3, -0.25) is 4.79 Å². The lowest BCUT2D eigenvalue weighted by Crippen LogP contribution is -2.47. The number of likely N-dealkylation sites (tertiary alicyclic amines) is 1. The van der Waals surface area contributed by atoms with Crippen LogP contribution in [0.5, 0.6) is 0 Å². The van der Waals surface area contributed by atoms with Crippen molar-refractivity contribution in [3.63, 3.8) is 0 Å². The molecule has 7 heteroatoms. The number of hydrogen-bond acceptors (Lipinski definition) is 6. The van der Waals surface area contributed by atoms with Crippen LogP contribution < -0.4 is 11.1 Å². The van der Waals surface area contributed by atoms with Crippen molar-refractivity contribution in [1.82, 2.24) is 14.9 Å². The van der Waals surface area contributed by atoms with Gasteiger partial charge in [0.1, 0.15) is 5.82 Å². The summed E-state index contributed by atoms with van der Waals surface area (Å²) < 4.78 is 0. The van der Waals surface area contributed by atoms with E-state index >= 15 is 0 Å². The Labute approximate surface area is 177 Å². The first-order valence-electron chi connectivity index (χ1n) is 10.7. The molecule has 2 aromatic rings. The SMILES string of the molecule is CCCc1cnc(Nc2cccc(C3CCN(C(=O)C(N)CC(C)C)CC3)n2)s1. The van der Waals surface area contributed by atoms with Crippen LogP contribution in [0.4, 0.5) is 10.9 Å². The molecule has 0 aliphatic carbocycles. The second kappa shape index (κ2) is 10.2. The Morgan fingerprint density at radius 3 is 2.79 bits per heavy atom. The van der Waals surface area contributed by atoms with E-state index in [4.69, 9.17) is 10.7 Å². The molecular formula is C22H33N5OS. The van der Waals surface area contributed by atoms with Crippen molar-refractivity contribution in [2.24, 2.45) is 11.7 Å². The summed E-state index contributed by atoms with van der Waals surface area (Å²) in [7, 11) is 0. The molecule has 1 saturated heterocycles. The van der Waals surface area contributed by atoms with Crippen LogP contribution in [-0.2, 0) is 11.2 Å². The molecule has 0 radical (unpaired) electrons. The minimum Gasteiger partial charge on any atom is -0.341 e. The van der Waals surface area contributed by atoms with E-state index in [0.717, 1.165) is 61.8 Å². The Bertz CT molecular complexity index is 798. The van der Waals surface area contributed by atoms with Gasteiger partial charge in [0, 0.05) is 35.8 Å². The Kier molecular flexibility index (Phi) is 7.61. The third-order valence-electron chi connectivity index (χ3n) is 5.32. The number of nitrogens with two attached hydrogens (primary N) is 1. The van der Waals surface area contributed by atoms with Gasteiger partial charge in [-0.1, -0.05) is 33.3 Å². The van der Waals surface area contributed by atoms with Crippen LogP contribution in [0, 0.1) is 5.92 Å². The average molecular weight is 416 g/mol. The number of anilines is 2. The van der Waals surface area contributed by atoms with Gasteiger partial charge >= 0.3 is 0 Å². The van der Waals surface area contributed by atoms with Crippen molar-refractivity contribution >= 4 is 28.2 Å². The van der Waals surface area contributed by atoms with Gasteiger partial charge in [-0.15, -0.1) is 11.3 Å². The van der Waals surface area contributed by atoms with E-state index in [2.05, 4.69) is 37.1 Å². The number of carbonyl (C=O) groups is 1. The number of amides is 1. The van der Waals surface area contributed by atoms with Crippen molar-refractivity contribution in [1.29, 1.82) is 0 Å². The maximum Gasteiger partial charge on any atom is 0.239 e. The van der Waals surface area contributed by atoms with Crippen LogP contribution in [0.1, 0.15) is 62.9 Å². The maximum absolute atomic E-state index is 12.6. The van der Waals surface area contributed by atoms with Gasteiger partial charge in [0.05, 0.1) is 6.04 Å². The molecule has 0 bridgehead atoms. The summed E-state index contributed by atoms with van der Waals surface area (Å²) in [5.74, 6) is 1.72. The largest absolute Gasteiger partial charge is 0.341 e. The van der Waals surface area contributed by atoms with E-state index in [1.54, 1.807) is 11.3 Å². The molecule has 1 unspecified atom stereocenters. The van der Waals surface area contributed by atoms with Crippen LogP contribution in [0.15, 0.2) is 24.4 Å². The Balaban J connectivity index is 1.57. The number of rotatable bonds is 8. The molecule has 1 aliphatic heterocycles. The summed E-state index contributed by atoms with van der Waals surface area (Å²) in [6.07, 6.45) is 6.72. The molecule has 3 heterocycles. The summed E-state index contributed by atoms with van der Waals surface area (Å²) in [6.45, 7) is 7.88. The van der Waals surface area contributed by atoms with Crippen molar-refractivity contribution in [3.8, 4) is 0 Å². The van der Waals surface area contributed by atoms with Crippen molar-refractivity contribution in [2.75, 3.05) is 18.4 Å². The lowest BCUT2D eigenvalue weighted by molar-refractivity contribution is -0.134. The zero-order valence-electron chi connectivity index (χ0n) is 17.7. The van der Waals surface area contributed by atoms with Gasteiger partial charge in [0.2, 0.25) is 5.91 Å². The Morgan fingerprint density at radius 1 is 1.34 bits per heavy atom. The zero-order chi connectivity index (χ0) is 20.8. The van der Waals surface area contributed by atoms with E-state index < -0.39 is 0 Å². The fourth-order valence-corrected chi connectivity index (χ4v) is 4.75. The molecule has 0 saturated carbocycles. The number of aromatic nitrogens is 2. The molecule has 3 N–H and O–H groups in total. The molecule has 29 heavy (non-hydrogen) atoms. The predicted octanol–water partition coefficient (Wildman–Crippen LogP) is 4.31. The molecule has 1 fully saturated rings. The number of hydrogen-bond donors (Lipinski definition) is 2. The fourth-order valence-electron chi connectivity index (χ4n) is 3.82. The molecular weight excluding hydrogens is 382 g/mol. The van der Waals surface area contributed by atoms with Gasteiger partial charge < -0.3 is 16.0 Å². The summed E-state index contributed by atoms with van der Waals surface area (Å²) in [5, 5.41) is 4.22. The Morgan fingerprint density at radius 2 is 2.10 bits per heavy atom. The fraction of sp³-hybridized carbons (Fsp3) is 0.591. The molecule has 1 aliphatic rings. The van der Waals surface area contributed by atoms with Crippen molar-refractivity contribution < 1.29 is 4.79 Å². The number of nitrogens with one attached hydrogen (secondary N) is 1.